The maximum absolute atomic E-state index is 4.34. The van der Waals surface area contributed by atoms with Gasteiger partial charge >= 0.3 is 73.2 Å². The quantitative estimate of drug-likeness (QED) is 0.521. The molecule has 0 saturated heterocycles. The van der Waals surface area contributed by atoms with Crippen LogP contribution in [0.4, 0.5) is 0 Å². The number of rotatable bonds is 0. The van der Waals surface area contributed by atoms with E-state index in [1.807, 2.05) is 0 Å². The third-order valence-corrected chi connectivity index (χ3v) is 0. The molecule has 0 amide bonds. The van der Waals surface area contributed by atoms with E-state index in [2.05, 4.69) is 45.5 Å². The summed E-state index contributed by atoms with van der Waals surface area (Å²) < 4.78 is 0. The molecule has 0 aromatic carbocycles. The first kappa shape index (κ1) is 11.6. The summed E-state index contributed by atoms with van der Waals surface area (Å²) >= 11 is 5.94. The molecule has 0 aromatic heterocycles. The SMILES string of the molecule is [S]=[Mo]=[S].[Se]=[Pd]=[Se]. The molecule has 0 spiro atoms. The van der Waals surface area contributed by atoms with Gasteiger partial charge < -0.3 is 0 Å². The molecule has 0 nitrogen and oxygen atoms in total. The standard InChI is InChI=1S/Mo.Pd.2S.2Se. The molecule has 0 aliphatic carbocycles. The average molecular weight is 424 g/mol. The van der Waals surface area contributed by atoms with E-state index in [9.17, 15) is 0 Å². The Kier molecular flexibility index (Phi) is 30.3. The normalized spacial score (nSPS) is 5.33. The minimum atomic E-state index is -0.363. The van der Waals surface area contributed by atoms with Crippen molar-refractivity contribution in [1.29, 1.82) is 0 Å². The summed E-state index contributed by atoms with van der Waals surface area (Å²) in [4.78, 5) is 0. The Hall–Kier alpha value is 2.83. The minimum absolute atomic E-state index is 0.363. The molecule has 0 aliphatic heterocycles. The summed E-state index contributed by atoms with van der Waals surface area (Å²) in [5.74, 6) is 0. The summed E-state index contributed by atoms with van der Waals surface area (Å²) in [5.41, 5.74) is 0. The Labute approximate surface area is 71.7 Å². The first-order chi connectivity index (χ1) is 2.83. The first-order valence-corrected chi connectivity index (χ1v) is 13.9. The van der Waals surface area contributed by atoms with E-state index in [4.69, 9.17) is 0 Å². The number of hydrogen-bond acceptors (Lipinski definition) is 2. The van der Waals surface area contributed by atoms with Crippen LogP contribution in [0.1, 0.15) is 0 Å². The zero-order valence-electron chi connectivity index (χ0n) is 2.36. The molecule has 0 atom stereocenters. The third kappa shape index (κ3) is 29.0. The Morgan fingerprint density at radius 2 is 1.33 bits per heavy atom. The molecule has 0 rings (SSSR count). The van der Waals surface area contributed by atoms with Crippen LogP contribution in [0.3, 0.4) is 0 Å². The van der Waals surface area contributed by atoms with Gasteiger partial charge in [-0.05, 0) is 0 Å². The van der Waals surface area contributed by atoms with Crippen LogP contribution >= 0.6 is 19.6 Å². The molecule has 0 heterocycles. The fourth-order valence-corrected chi connectivity index (χ4v) is 0. The van der Waals surface area contributed by atoms with Crippen molar-refractivity contribution in [1.82, 2.24) is 0 Å². The van der Waals surface area contributed by atoms with Crippen molar-refractivity contribution in [2.24, 2.45) is 0 Å². The Morgan fingerprint density at radius 3 is 1.33 bits per heavy atom. The maximum atomic E-state index is 4.34. The van der Waals surface area contributed by atoms with Gasteiger partial charge in [-0.1, -0.05) is 0 Å². The second-order valence-electron chi connectivity index (χ2n) is 0.121. The van der Waals surface area contributed by atoms with Gasteiger partial charge in [0.2, 0.25) is 0 Å². The van der Waals surface area contributed by atoms with Crippen LogP contribution in [0.25, 0.3) is 0 Å². The van der Waals surface area contributed by atoms with Crippen molar-refractivity contribution in [2.45, 2.75) is 0 Å². The van der Waals surface area contributed by atoms with E-state index in [1.165, 1.54) is 0 Å². The fraction of sp³-hybridized carbons (Fsp3) is 0. The van der Waals surface area contributed by atoms with Crippen molar-refractivity contribution in [2.75, 3.05) is 0 Å². The third-order valence-electron chi connectivity index (χ3n) is 0. The summed E-state index contributed by atoms with van der Waals surface area (Å²) in [6.45, 7) is 0. The van der Waals surface area contributed by atoms with Crippen LogP contribution < -0.4 is 0 Å². The molecule has 40 valence electrons. The van der Waals surface area contributed by atoms with Crippen molar-refractivity contribution in [3.8, 4) is 0 Å². The van der Waals surface area contributed by atoms with E-state index in [0.717, 1.165) is 0 Å². The summed E-state index contributed by atoms with van der Waals surface area (Å²) in [7, 11) is 8.68. The van der Waals surface area contributed by atoms with Gasteiger partial charge in [-0.15, -0.1) is 0 Å². The topological polar surface area (TPSA) is 0 Å². The second-order valence-corrected chi connectivity index (χ2v) is 12.0. The summed E-state index contributed by atoms with van der Waals surface area (Å²) in [6.07, 6.45) is 0. The van der Waals surface area contributed by atoms with Crippen LogP contribution in [0.2, 0.25) is 0 Å². The zero-order valence-corrected chi connectivity index (χ0v) is 11.0. The van der Waals surface area contributed by atoms with Crippen molar-refractivity contribution >= 4 is 45.5 Å². The van der Waals surface area contributed by atoms with E-state index < -0.39 is 0 Å². The predicted molar refractivity (Wildman–Crippen MR) is 26.7 cm³/mol. The van der Waals surface area contributed by atoms with Gasteiger partial charge in [0.1, 0.15) is 0 Å². The van der Waals surface area contributed by atoms with E-state index in [0.29, 0.717) is 12.8 Å². The molecule has 6 heteroatoms. The van der Waals surface area contributed by atoms with E-state index >= 15 is 0 Å². The Bertz CT molecular complexity index is 65.5. The number of hydrogen-bond donors (Lipinski definition) is 0. The molecular formula is MoPdS2Se2. The van der Waals surface area contributed by atoms with Gasteiger partial charge in [0, 0.05) is 0 Å². The van der Waals surface area contributed by atoms with Crippen LogP contribution in [-0.2, 0) is 27.7 Å². The molecule has 0 fully saturated rings. The van der Waals surface area contributed by atoms with Gasteiger partial charge in [-0.3, -0.25) is 0 Å². The molecule has 0 unspecified atom stereocenters. The van der Waals surface area contributed by atoms with Gasteiger partial charge in [0.15, 0.2) is 0 Å². The van der Waals surface area contributed by atoms with Crippen LogP contribution in [-0.4, -0.2) is 25.9 Å². The monoisotopic (exact) mass is 428 g/mol. The molecule has 0 saturated carbocycles. The van der Waals surface area contributed by atoms with Crippen molar-refractivity contribution < 1.29 is 27.7 Å². The van der Waals surface area contributed by atoms with Crippen LogP contribution in [0.15, 0.2) is 0 Å². The summed E-state index contributed by atoms with van der Waals surface area (Å²) in [6, 6.07) is 0. The van der Waals surface area contributed by atoms with Gasteiger partial charge in [0.25, 0.3) is 0 Å². The van der Waals surface area contributed by atoms with Gasteiger partial charge in [-0.2, -0.15) is 0 Å². The fourth-order valence-electron chi connectivity index (χ4n) is 0. The molecule has 0 N–H and O–H groups in total. The van der Waals surface area contributed by atoms with Gasteiger partial charge in [0.05, 0.1) is 0 Å². The van der Waals surface area contributed by atoms with Crippen LogP contribution in [0, 0.1) is 0 Å². The Morgan fingerprint density at radius 1 is 1.33 bits per heavy atom. The molecule has 0 aliphatic rings. The molecule has 0 bridgehead atoms. The summed E-state index contributed by atoms with van der Waals surface area (Å²) in [5, 5.41) is 0. The first-order valence-electron chi connectivity index (χ1n) is 0.592. The second kappa shape index (κ2) is 15.7. The van der Waals surface area contributed by atoms with Crippen molar-refractivity contribution in [3.63, 3.8) is 0 Å². The van der Waals surface area contributed by atoms with E-state index in [1.54, 1.807) is 0 Å². The Balaban J connectivity index is 0. The zero-order chi connectivity index (χ0) is 5.41. The molecular weight excluding hydrogens is 424 g/mol. The van der Waals surface area contributed by atoms with Gasteiger partial charge in [-0.25, -0.2) is 0 Å². The van der Waals surface area contributed by atoms with E-state index in [-0.39, 0.29) is 14.9 Å². The molecule has 6 heavy (non-hydrogen) atoms. The molecule has 0 radical (unpaired) electrons. The molecule has 0 aromatic rings. The average Bonchev–Trinajstić information content (AvgIpc) is 1.39. The van der Waals surface area contributed by atoms with Crippen LogP contribution in [0.5, 0.6) is 0 Å². The van der Waals surface area contributed by atoms with Crippen molar-refractivity contribution in [3.05, 3.63) is 0 Å². The predicted octanol–water partition coefficient (Wildman–Crippen LogP) is 0.530.